The van der Waals surface area contributed by atoms with Crippen LogP contribution in [0, 0.1) is 6.92 Å². The van der Waals surface area contributed by atoms with Gasteiger partial charge in [-0.25, -0.2) is 4.98 Å². The highest BCUT2D eigenvalue weighted by Crippen LogP contribution is 2.25. The zero-order chi connectivity index (χ0) is 11.8. The highest BCUT2D eigenvalue weighted by molar-refractivity contribution is 5.62. The van der Waals surface area contributed by atoms with E-state index in [0.29, 0.717) is 0 Å². The Kier molecular flexibility index (Phi) is 2.37. The molecule has 4 nitrogen and oxygen atoms in total. The quantitative estimate of drug-likeness (QED) is 0.779. The third kappa shape index (κ3) is 1.80. The molecule has 0 saturated carbocycles. The number of nitrogens with zero attached hydrogens (tertiary/aromatic N) is 2. The normalized spacial score (nSPS) is 18.6. The molecule has 17 heavy (non-hydrogen) atoms. The van der Waals surface area contributed by atoms with E-state index in [0.717, 1.165) is 24.7 Å². The average Bonchev–Trinajstić information content (AvgIpc) is 2.73. The van der Waals surface area contributed by atoms with Gasteiger partial charge in [0, 0.05) is 19.1 Å². The van der Waals surface area contributed by atoms with Crippen molar-refractivity contribution in [2.45, 2.75) is 19.5 Å². The van der Waals surface area contributed by atoms with E-state index in [2.05, 4.69) is 46.1 Å². The van der Waals surface area contributed by atoms with Crippen LogP contribution in [-0.4, -0.2) is 22.1 Å². The Balaban J connectivity index is 2.04. The summed E-state index contributed by atoms with van der Waals surface area (Å²) < 4.78 is 2.15. The van der Waals surface area contributed by atoms with E-state index in [1.807, 2.05) is 6.20 Å². The maximum atomic E-state index is 5.97. The molecule has 3 N–H and O–H groups in total. The summed E-state index contributed by atoms with van der Waals surface area (Å²) in [6.45, 7) is 3.71. The number of benzene rings is 1. The average molecular weight is 228 g/mol. The Bertz CT molecular complexity index is 527. The predicted molar refractivity (Wildman–Crippen MR) is 68.9 cm³/mol. The Hall–Kier alpha value is -1.81. The molecular formula is C13H16N4. The maximum Gasteiger partial charge on any atom is 0.203 e. The molecule has 1 aliphatic heterocycles. The molecular weight excluding hydrogens is 212 g/mol. The number of aromatic nitrogens is 2. The molecule has 1 unspecified atom stereocenters. The minimum Gasteiger partial charge on any atom is -0.354 e. The summed E-state index contributed by atoms with van der Waals surface area (Å²) in [6.07, 6.45) is 1.91. The lowest BCUT2D eigenvalue weighted by Gasteiger charge is -2.23. The van der Waals surface area contributed by atoms with Crippen LogP contribution in [0.3, 0.4) is 0 Å². The highest BCUT2D eigenvalue weighted by atomic mass is 15.2. The Labute approximate surface area is 100 Å². The zero-order valence-electron chi connectivity index (χ0n) is 9.85. The molecule has 2 heterocycles. The van der Waals surface area contributed by atoms with Gasteiger partial charge in [0.25, 0.3) is 0 Å². The first kappa shape index (κ1) is 10.4. The molecule has 0 bridgehead atoms. The molecule has 0 fully saturated rings. The SMILES string of the molecule is Cc1ccc(-c2cnc3n2CC(N)CN3)cc1. The Morgan fingerprint density at radius 1 is 1.35 bits per heavy atom. The third-order valence-electron chi connectivity index (χ3n) is 3.14. The monoisotopic (exact) mass is 228 g/mol. The molecule has 2 aromatic rings. The zero-order valence-corrected chi connectivity index (χ0v) is 9.85. The van der Waals surface area contributed by atoms with Gasteiger partial charge < -0.3 is 15.6 Å². The van der Waals surface area contributed by atoms with Gasteiger partial charge in [-0.3, -0.25) is 0 Å². The standard InChI is InChI=1S/C13H16N4/c1-9-2-4-10(5-3-9)12-7-16-13-15-6-11(14)8-17(12)13/h2-5,7,11H,6,8,14H2,1H3,(H,15,16). The number of hydrogen-bond donors (Lipinski definition) is 2. The van der Waals surface area contributed by atoms with Crippen LogP contribution in [-0.2, 0) is 6.54 Å². The summed E-state index contributed by atoms with van der Waals surface area (Å²) in [6, 6.07) is 8.64. The van der Waals surface area contributed by atoms with Gasteiger partial charge in [-0.05, 0) is 12.5 Å². The van der Waals surface area contributed by atoms with Gasteiger partial charge in [-0.1, -0.05) is 29.8 Å². The summed E-state index contributed by atoms with van der Waals surface area (Å²) in [7, 11) is 0. The van der Waals surface area contributed by atoms with Crippen LogP contribution in [0.2, 0.25) is 0 Å². The van der Waals surface area contributed by atoms with Crippen molar-refractivity contribution in [3.63, 3.8) is 0 Å². The Morgan fingerprint density at radius 2 is 2.12 bits per heavy atom. The summed E-state index contributed by atoms with van der Waals surface area (Å²) >= 11 is 0. The fourth-order valence-corrected chi connectivity index (χ4v) is 2.18. The summed E-state index contributed by atoms with van der Waals surface area (Å²) in [5.74, 6) is 0.919. The van der Waals surface area contributed by atoms with Gasteiger partial charge in [0.15, 0.2) is 0 Å². The molecule has 0 amide bonds. The van der Waals surface area contributed by atoms with Crippen LogP contribution in [0.1, 0.15) is 5.56 Å². The van der Waals surface area contributed by atoms with Crippen LogP contribution in [0.25, 0.3) is 11.3 Å². The predicted octanol–water partition coefficient (Wildman–Crippen LogP) is 1.61. The topological polar surface area (TPSA) is 55.9 Å². The number of aryl methyl sites for hydroxylation is 1. The van der Waals surface area contributed by atoms with Crippen LogP contribution in [0.4, 0.5) is 5.95 Å². The first-order chi connectivity index (χ1) is 8.24. The molecule has 0 radical (unpaired) electrons. The van der Waals surface area contributed by atoms with Gasteiger partial charge >= 0.3 is 0 Å². The molecule has 1 atom stereocenters. The Morgan fingerprint density at radius 3 is 2.88 bits per heavy atom. The highest BCUT2D eigenvalue weighted by Gasteiger charge is 2.18. The molecule has 0 saturated heterocycles. The summed E-state index contributed by atoms with van der Waals surface area (Å²) in [4.78, 5) is 4.39. The summed E-state index contributed by atoms with van der Waals surface area (Å²) in [5.41, 5.74) is 9.55. The van der Waals surface area contributed by atoms with E-state index < -0.39 is 0 Å². The van der Waals surface area contributed by atoms with Gasteiger partial charge in [-0.15, -0.1) is 0 Å². The first-order valence-electron chi connectivity index (χ1n) is 5.86. The van der Waals surface area contributed by atoms with Gasteiger partial charge in [0.1, 0.15) is 0 Å². The molecule has 0 aliphatic carbocycles. The second kappa shape index (κ2) is 3.89. The van der Waals surface area contributed by atoms with Gasteiger partial charge in [0.2, 0.25) is 5.95 Å². The van der Waals surface area contributed by atoms with E-state index in [9.17, 15) is 0 Å². The second-order valence-electron chi connectivity index (χ2n) is 4.58. The molecule has 1 aromatic carbocycles. The van der Waals surface area contributed by atoms with E-state index >= 15 is 0 Å². The van der Waals surface area contributed by atoms with Gasteiger partial charge in [-0.2, -0.15) is 0 Å². The molecule has 4 heteroatoms. The number of anilines is 1. The van der Waals surface area contributed by atoms with Gasteiger partial charge in [0.05, 0.1) is 11.9 Å². The van der Waals surface area contributed by atoms with Crippen molar-refractivity contribution < 1.29 is 0 Å². The molecule has 3 rings (SSSR count). The lowest BCUT2D eigenvalue weighted by molar-refractivity contribution is 0.546. The van der Waals surface area contributed by atoms with Crippen LogP contribution >= 0.6 is 0 Å². The smallest absolute Gasteiger partial charge is 0.203 e. The lowest BCUT2D eigenvalue weighted by Crippen LogP contribution is -2.38. The number of nitrogens with two attached hydrogens (primary N) is 1. The minimum absolute atomic E-state index is 0.154. The molecule has 0 spiro atoms. The van der Waals surface area contributed by atoms with Crippen molar-refractivity contribution in [1.82, 2.24) is 9.55 Å². The minimum atomic E-state index is 0.154. The van der Waals surface area contributed by atoms with E-state index in [4.69, 9.17) is 5.73 Å². The molecule has 1 aliphatic rings. The summed E-state index contributed by atoms with van der Waals surface area (Å²) in [5, 5.41) is 3.24. The van der Waals surface area contributed by atoms with Crippen molar-refractivity contribution >= 4 is 5.95 Å². The lowest BCUT2D eigenvalue weighted by atomic mass is 10.1. The van der Waals surface area contributed by atoms with E-state index in [1.54, 1.807) is 0 Å². The molecule has 1 aromatic heterocycles. The fraction of sp³-hybridized carbons (Fsp3) is 0.308. The first-order valence-corrected chi connectivity index (χ1v) is 5.86. The van der Waals surface area contributed by atoms with Crippen molar-refractivity contribution in [2.24, 2.45) is 5.73 Å². The second-order valence-corrected chi connectivity index (χ2v) is 4.58. The largest absolute Gasteiger partial charge is 0.354 e. The third-order valence-corrected chi connectivity index (χ3v) is 3.14. The molecule has 88 valence electrons. The van der Waals surface area contributed by atoms with Crippen molar-refractivity contribution in [1.29, 1.82) is 0 Å². The van der Waals surface area contributed by atoms with Crippen molar-refractivity contribution in [3.8, 4) is 11.3 Å². The number of imidazole rings is 1. The number of rotatable bonds is 1. The fourth-order valence-electron chi connectivity index (χ4n) is 2.18. The maximum absolute atomic E-state index is 5.97. The van der Waals surface area contributed by atoms with Crippen LogP contribution in [0.5, 0.6) is 0 Å². The number of nitrogens with one attached hydrogen (secondary N) is 1. The van der Waals surface area contributed by atoms with Crippen molar-refractivity contribution in [3.05, 3.63) is 36.0 Å². The van der Waals surface area contributed by atoms with E-state index in [1.165, 1.54) is 11.1 Å². The van der Waals surface area contributed by atoms with Crippen molar-refractivity contribution in [2.75, 3.05) is 11.9 Å². The van der Waals surface area contributed by atoms with Crippen LogP contribution in [0.15, 0.2) is 30.5 Å². The van der Waals surface area contributed by atoms with E-state index in [-0.39, 0.29) is 6.04 Å². The number of fused-ring (bicyclic) bond motifs is 1. The number of hydrogen-bond acceptors (Lipinski definition) is 3. The van der Waals surface area contributed by atoms with Crippen LogP contribution < -0.4 is 11.1 Å².